The van der Waals surface area contributed by atoms with Crippen LogP contribution in [0.15, 0.2) is 91.0 Å². The van der Waals surface area contributed by atoms with Gasteiger partial charge in [-0.1, -0.05) is 131 Å². The molecule has 46 heavy (non-hydrogen) atoms. The van der Waals surface area contributed by atoms with Crippen molar-refractivity contribution in [2.24, 2.45) is 5.41 Å². The Morgan fingerprint density at radius 1 is 0.696 bits per heavy atom. The maximum atomic E-state index is 13.6. The fourth-order valence-corrected chi connectivity index (χ4v) is 7.55. The summed E-state index contributed by atoms with van der Waals surface area (Å²) in [6.45, 7) is 7.62. The maximum absolute atomic E-state index is 13.6. The molecule has 0 spiro atoms. The van der Waals surface area contributed by atoms with Crippen molar-refractivity contribution >= 4 is 8.03 Å². The van der Waals surface area contributed by atoms with Crippen LogP contribution in [-0.4, -0.2) is 49.6 Å². The highest BCUT2D eigenvalue weighted by Gasteiger charge is 2.50. The van der Waals surface area contributed by atoms with Crippen LogP contribution in [0.25, 0.3) is 0 Å². The molecule has 8 heteroatoms. The molecule has 0 N–H and O–H groups in total. The highest BCUT2D eigenvalue weighted by molar-refractivity contribution is 7.39. The molecule has 0 amide bonds. The molecule has 1 saturated carbocycles. The van der Waals surface area contributed by atoms with E-state index in [-0.39, 0.29) is 18.1 Å². The molecule has 5 rings (SSSR count). The van der Waals surface area contributed by atoms with Gasteiger partial charge in [-0.3, -0.25) is 4.57 Å². The molecule has 0 bridgehead atoms. The normalized spacial score (nSPS) is 24.9. The maximum Gasteiger partial charge on any atom is 0.192 e. The third-order valence-electron chi connectivity index (χ3n) is 8.38. The van der Waals surface area contributed by atoms with Gasteiger partial charge in [0.15, 0.2) is 14.3 Å². The van der Waals surface area contributed by atoms with Gasteiger partial charge in [-0.15, -0.1) is 0 Å². The lowest BCUT2D eigenvalue weighted by atomic mass is 9.96. The first-order chi connectivity index (χ1) is 22.3. The number of benzene rings is 3. The summed E-state index contributed by atoms with van der Waals surface area (Å²) in [4.78, 5) is 0. The van der Waals surface area contributed by atoms with E-state index in [2.05, 4.69) is 20.8 Å². The van der Waals surface area contributed by atoms with Crippen LogP contribution in [0, 0.1) is 5.41 Å². The van der Waals surface area contributed by atoms with Gasteiger partial charge in [0.05, 0.1) is 32.5 Å². The highest BCUT2D eigenvalue weighted by atomic mass is 31.1. The molecule has 1 heterocycles. The predicted molar refractivity (Wildman–Crippen MR) is 181 cm³/mol. The van der Waals surface area contributed by atoms with Crippen LogP contribution in [0.4, 0.5) is 0 Å². The van der Waals surface area contributed by atoms with E-state index in [0.29, 0.717) is 26.0 Å². The summed E-state index contributed by atoms with van der Waals surface area (Å²) in [5.74, 6) is 0. The standard InChI is InChI=1S/C38H51O7P/c1-38(2,3)28-46(39)45-36-35(42-26-31-20-12-6-13-21-31)34(41-25-30-18-10-5-11-19-30)33(27-40-24-29-16-8-4-9-17-29)44-37(36)43-32-22-14-7-15-23-32/h4-6,8-13,16-21,32-37,46H,7,14-15,22-28H2,1-3H3/t33-,34-,35+,36-,37+/m1/s1. The van der Waals surface area contributed by atoms with Crippen molar-refractivity contribution in [2.45, 2.75) is 110 Å². The van der Waals surface area contributed by atoms with Gasteiger partial charge in [0, 0.05) is 6.16 Å². The summed E-state index contributed by atoms with van der Waals surface area (Å²) in [6.07, 6.45) is 2.62. The van der Waals surface area contributed by atoms with E-state index < -0.39 is 38.7 Å². The molecule has 2 aliphatic rings. The molecular weight excluding hydrogens is 599 g/mol. The average molecular weight is 651 g/mol. The monoisotopic (exact) mass is 650 g/mol. The minimum absolute atomic E-state index is 0.0391. The van der Waals surface area contributed by atoms with Crippen molar-refractivity contribution in [1.82, 2.24) is 0 Å². The van der Waals surface area contributed by atoms with Crippen molar-refractivity contribution in [2.75, 3.05) is 12.8 Å². The second-order valence-corrected chi connectivity index (χ2v) is 15.0. The number of hydrogen-bond donors (Lipinski definition) is 0. The zero-order valence-corrected chi connectivity index (χ0v) is 28.6. The van der Waals surface area contributed by atoms with Gasteiger partial charge in [-0.2, -0.15) is 0 Å². The Hall–Kier alpha value is -2.35. The Bertz CT molecular complexity index is 1290. The third kappa shape index (κ3) is 11.1. The molecular formula is C38H51O7P. The van der Waals surface area contributed by atoms with Crippen LogP contribution >= 0.6 is 8.03 Å². The smallest absolute Gasteiger partial charge is 0.192 e. The SMILES string of the molecule is CC(C)(C)C[PH](=O)O[C@H]1[C@@H](OC2CCCCC2)O[C@H](COCc2ccccc2)[C@@H](OCc2ccccc2)[C@@H]1OCc1ccccc1. The van der Waals surface area contributed by atoms with Gasteiger partial charge in [-0.05, 0) is 34.9 Å². The zero-order valence-electron chi connectivity index (χ0n) is 27.6. The third-order valence-corrected chi connectivity index (χ3v) is 10.3. The van der Waals surface area contributed by atoms with E-state index in [1.54, 1.807) is 0 Å². The molecule has 2 fully saturated rings. The second-order valence-electron chi connectivity index (χ2n) is 13.7. The second kappa shape index (κ2) is 17.7. The van der Waals surface area contributed by atoms with E-state index in [9.17, 15) is 4.57 Å². The summed E-state index contributed by atoms with van der Waals surface area (Å²) >= 11 is 0. The molecule has 3 aromatic carbocycles. The lowest BCUT2D eigenvalue weighted by molar-refractivity contribution is -0.323. The molecule has 6 atom stereocenters. The van der Waals surface area contributed by atoms with Crippen LogP contribution in [0.1, 0.15) is 69.6 Å². The summed E-state index contributed by atoms with van der Waals surface area (Å²) in [7, 11) is -2.47. The Kier molecular flexibility index (Phi) is 13.5. The van der Waals surface area contributed by atoms with Crippen LogP contribution in [0.5, 0.6) is 0 Å². The van der Waals surface area contributed by atoms with Gasteiger partial charge in [-0.25, -0.2) is 0 Å². The molecule has 1 saturated heterocycles. The first-order valence-electron chi connectivity index (χ1n) is 16.8. The van der Waals surface area contributed by atoms with Crippen LogP contribution in [0.2, 0.25) is 0 Å². The Labute approximate surface area is 275 Å². The Morgan fingerprint density at radius 3 is 1.76 bits per heavy atom. The van der Waals surface area contributed by atoms with Crippen LogP contribution in [0.3, 0.4) is 0 Å². The zero-order chi connectivity index (χ0) is 32.2. The van der Waals surface area contributed by atoms with E-state index in [1.807, 2.05) is 91.0 Å². The number of rotatable bonds is 15. The van der Waals surface area contributed by atoms with E-state index in [1.165, 1.54) is 6.42 Å². The molecule has 250 valence electrons. The molecule has 7 nitrogen and oxygen atoms in total. The lowest BCUT2D eigenvalue weighted by Crippen LogP contribution is -2.62. The fraction of sp³-hybridized carbons (Fsp3) is 0.526. The van der Waals surface area contributed by atoms with Crippen molar-refractivity contribution in [3.8, 4) is 0 Å². The number of hydrogen-bond acceptors (Lipinski definition) is 7. The lowest BCUT2D eigenvalue weighted by Gasteiger charge is -2.46. The molecule has 0 aromatic heterocycles. The van der Waals surface area contributed by atoms with Gasteiger partial charge >= 0.3 is 0 Å². The predicted octanol–water partition coefficient (Wildman–Crippen LogP) is 8.35. The average Bonchev–Trinajstić information content (AvgIpc) is 3.05. The van der Waals surface area contributed by atoms with Crippen molar-refractivity contribution in [3.63, 3.8) is 0 Å². The first-order valence-corrected chi connectivity index (χ1v) is 18.3. The summed E-state index contributed by atoms with van der Waals surface area (Å²) in [6, 6.07) is 30.2. The Morgan fingerprint density at radius 2 is 1.22 bits per heavy atom. The Balaban J connectivity index is 1.45. The molecule has 3 aromatic rings. The minimum atomic E-state index is -2.47. The summed E-state index contributed by atoms with van der Waals surface area (Å²) < 4.78 is 53.2. The number of ether oxygens (including phenoxy) is 5. The van der Waals surface area contributed by atoms with Crippen molar-refractivity contribution in [1.29, 1.82) is 0 Å². The topological polar surface area (TPSA) is 72.5 Å². The largest absolute Gasteiger partial charge is 0.374 e. The first kappa shape index (κ1) is 35.0. The van der Waals surface area contributed by atoms with E-state index in [0.717, 1.165) is 42.4 Å². The van der Waals surface area contributed by atoms with Crippen LogP contribution < -0.4 is 0 Å². The van der Waals surface area contributed by atoms with E-state index in [4.69, 9.17) is 28.2 Å². The summed E-state index contributed by atoms with van der Waals surface area (Å²) in [5, 5.41) is 0. The van der Waals surface area contributed by atoms with Gasteiger partial charge in [0.2, 0.25) is 0 Å². The van der Waals surface area contributed by atoms with E-state index >= 15 is 0 Å². The van der Waals surface area contributed by atoms with Gasteiger partial charge in [0.25, 0.3) is 0 Å². The van der Waals surface area contributed by atoms with Crippen LogP contribution in [-0.2, 0) is 52.6 Å². The molecule has 0 radical (unpaired) electrons. The minimum Gasteiger partial charge on any atom is -0.374 e. The fourth-order valence-electron chi connectivity index (χ4n) is 6.06. The molecule has 1 aliphatic carbocycles. The van der Waals surface area contributed by atoms with Gasteiger partial charge in [0.1, 0.15) is 24.4 Å². The summed E-state index contributed by atoms with van der Waals surface area (Å²) in [5.41, 5.74) is 2.97. The molecule has 1 aliphatic heterocycles. The van der Waals surface area contributed by atoms with Crippen molar-refractivity contribution < 1.29 is 32.8 Å². The van der Waals surface area contributed by atoms with Gasteiger partial charge < -0.3 is 28.2 Å². The quantitative estimate of drug-likeness (QED) is 0.153. The highest BCUT2D eigenvalue weighted by Crippen LogP contribution is 2.40. The molecule has 1 unspecified atom stereocenters. The van der Waals surface area contributed by atoms with Crippen molar-refractivity contribution in [3.05, 3.63) is 108 Å².